The highest BCUT2D eigenvalue weighted by Gasteiger charge is 2.25. The van der Waals surface area contributed by atoms with E-state index in [1.54, 1.807) is 0 Å². The predicted molar refractivity (Wildman–Crippen MR) is 81.5 cm³/mol. The van der Waals surface area contributed by atoms with Gasteiger partial charge in [-0.1, -0.05) is 26.7 Å². The van der Waals surface area contributed by atoms with Crippen molar-refractivity contribution in [3.8, 4) is 0 Å². The molecule has 1 rings (SSSR count). The molecule has 0 saturated carbocycles. The van der Waals surface area contributed by atoms with Gasteiger partial charge in [0.25, 0.3) is 5.91 Å². The van der Waals surface area contributed by atoms with Crippen molar-refractivity contribution in [2.24, 2.45) is 5.92 Å². The van der Waals surface area contributed by atoms with Gasteiger partial charge in [0.15, 0.2) is 0 Å². The molecule has 1 heterocycles. The standard InChI is InChI=1S/C15H24BrNO2/c1-6-12(7-2)9-17(8-3)15(18)13-10(4)19-11(5)14(13)16/h12H,6-9H2,1-5H3. The van der Waals surface area contributed by atoms with Crippen LogP contribution in [0.1, 0.15) is 55.5 Å². The van der Waals surface area contributed by atoms with Crippen LogP contribution in [0.25, 0.3) is 0 Å². The molecule has 0 fully saturated rings. The van der Waals surface area contributed by atoms with Gasteiger partial charge in [-0.3, -0.25) is 4.79 Å². The molecule has 0 bridgehead atoms. The summed E-state index contributed by atoms with van der Waals surface area (Å²) in [5.74, 6) is 2.09. The highest BCUT2D eigenvalue weighted by Crippen LogP contribution is 2.28. The number of furan rings is 1. The molecule has 0 unspecified atom stereocenters. The van der Waals surface area contributed by atoms with Gasteiger partial charge >= 0.3 is 0 Å². The summed E-state index contributed by atoms with van der Waals surface area (Å²) >= 11 is 3.46. The minimum Gasteiger partial charge on any atom is -0.465 e. The minimum absolute atomic E-state index is 0.0654. The number of hydrogen-bond acceptors (Lipinski definition) is 2. The molecule has 0 aliphatic carbocycles. The summed E-state index contributed by atoms with van der Waals surface area (Å²) in [6.45, 7) is 11.6. The third kappa shape index (κ3) is 3.62. The molecule has 1 amide bonds. The predicted octanol–water partition coefficient (Wildman–Crippen LogP) is 4.56. The Morgan fingerprint density at radius 1 is 1.21 bits per heavy atom. The van der Waals surface area contributed by atoms with Gasteiger partial charge in [-0.25, -0.2) is 0 Å². The van der Waals surface area contributed by atoms with Crippen LogP contribution in [0.15, 0.2) is 8.89 Å². The van der Waals surface area contributed by atoms with Gasteiger partial charge in [-0.15, -0.1) is 0 Å². The zero-order valence-electron chi connectivity index (χ0n) is 12.5. The molecule has 0 aromatic carbocycles. The Morgan fingerprint density at radius 2 is 1.79 bits per heavy atom. The molecule has 0 saturated heterocycles. The van der Waals surface area contributed by atoms with Gasteiger partial charge in [-0.2, -0.15) is 0 Å². The second-order valence-electron chi connectivity index (χ2n) is 4.93. The first-order valence-electron chi connectivity index (χ1n) is 7.00. The molecule has 0 N–H and O–H groups in total. The molecule has 19 heavy (non-hydrogen) atoms. The number of halogens is 1. The normalized spacial score (nSPS) is 11.1. The van der Waals surface area contributed by atoms with Crippen LogP contribution in [-0.4, -0.2) is 23.9 Å². The summed E-state index contributed by atoms with van der Waals surface area (Å²) in [5.41, 5.74) is 0.672. The lowest BCUT2D eigenvalue weighted by Crippen LogP contribution is -2.35. The smallest absolute Gasteiger partial charge is 0.258 e. The largest absolute Gasteiger partial charge is 0.465 e. The van der Waals surface area contributed by atoms with Crippen molar-refractivity contribution in [1.82, 2.24) is 4.90 Å². The number of amides is 1. The van der Waals surface area contributed by atoms with E-state index in [9.17, 15) is 4.79 Å². The first-order chi connectivity index (χ1) is 8.96. The van der Waals surface area contributed by atoms with Crippen molar-refractivity contribution >= 4 is 21.8 Å². The SMILES string of the molecule is CCC(CC)CN(CC)C(=O)c1c(C)oc(C)c1Br. The monoisotopic (exact) mass is 329 g/mol. The molecule has 108 valence electrons. The molecule has 0 aliphatic heterocycles. The van der Waals surface area contributed by atoms with Crippen molar-refractivity contribution in [3.05, 3.63) is 21.6 Å². The van der Waals surface area contributed by atoms with E-state index >= 15 is 0 Å². The summed E-state index contributed by atoms with van der Waals surface area (Å²) in [4.78, 5) is 14.6. The van der Waals surface area contributed by atoms with Crippen molar-refractivity contribution in [3.63, 3.8) is 0 Å². The molecule has 0 radical (unpaired) electrons. The van der Waals surface area contributed by atoms with Crippen LogP contribution in [0, 0.1) is 19.8 Å². The van der Waals surface area contributed by atoms with Crippen LogP contribution < -0.4 is 0 Å². The number of hydrogen-bond donors (Lipinski definition) is 0. The zero-order valence-corrected chi connectivity index (χ0v) is 14.1. The quantitative estimate of drug-likeness (QED) is 0.766. The van der Waals surface area contributed by atoms with Gasteiger partial charge in [0, 0.05) is 13.1 Å². The Labute approximate surface area is 124 Å². The van der Waals surface area contributed by atoms with Gasteiger partial charge in [0.2, 0.25) is 0 Å². The van der Waals surface area contributed by atoms with Crippen molar-refractivity contribution in [2.45, 2.75) is 47.5 Å². The molecule has 0 aliphatic rings. The summed E-state index contributed by atoms with van der Waals surface area (Å²) in [6, 6.07) is 0. The van der Waals surface area contributed by atoms with Crippen LogP contribution in [0.4, 0.5) is 0 Å². The van der Waals surface area contributed by atoms with E-state index in [1.807, 2.05) is 25.7 Å². The molecule has 0 spiro atoms. The number of rotatable bonds is 6. The lowest BCUT2D eigenvalue weighted by molar-refractivity contribution is 0.0732. The number of carbonyl (C=O) groups excluding carboxylic acids is 1. The molecule has 1 aromatic heterocycles. The molecular formula is C15H24BrNO2. The third-order valence-electron chi connectivity index (χ3n) is 3.70. The number of carbonyl (C=O) groups is 1. The van der Waals surface area contributed by atoms with E-state index in [2.05, 4.69) is 29.8 Å². The van der Waals surface area contributed by atoms with Crippen LogP contribution in [0.3, 0.4) is 0 Å². The van der Waals surface area contributed by atoms with Crippen LogP contribution in [0.2, 0.25) is 0 Å². The minimum atomic E-state index is 0.0654. The van der Waals surface area contributed by atoms with Crippen LogP contribution in [-0.2, 0) is 0 Å². The van der Waals surface area contributed by atoms with E-state index in [0.717, 1.165) is 36.2 Å². The first-order valence-corrected chi connectivity index (χ1v) is 7.80. The maximum absolute atomic E-state index is 12.6. The van der Waals surface area contributed by atoms with E-state index in [-0.39, 0.29) is 5.91 Å². The summed E-state index contributed by atoms with van der Waals surface area (Å²) in [6.07, 6.45) is 2.20. The third-order valence-corrected chi connectivity index (χ3v) is 4.66. The number of aryl methyl sites for hydroxylation is 2. The lowest BCUT2D eigenvalue weighted by Gasteiger charge is -2.25. The Balaban J connectivity index is 2.95. The van der Waals surface area contributed by atoms with Crippen LogP contribution >= 0.6 is 15.9 Å². The van der Waals surface area contributed by atoms with Gasteiger partial charge in [-0.05, 0) is 42.6 Å². The van der Waals surface area contributed by atoms with E-state index in [0.29, 0.717) is 17.2 Å². The fourth-order valence-corrected chi connectivity index (χ4v) is 2.80. The fraction of sp³-hybridized carbons (Fsp3) is 0.667. The number of nitrogens with zero attached hydrogens (tertiary/aromatic N) is 1. The fourth-order valence-electron chi connectivity index (χ4n) is 2.27. The average Bonchev–Trinajstić information content (AvgIpc) is 2.64. The van der Waals surface area contributed by atoms with Gasteiger partial charge in [0.05, 0.1) is 10.0 Å². The van der Waals surface area contributed by atoms with Crippen LogP contribution in [0.5, 0.6) is 0 Å². The van der Waals surface area contributed by atoms with E-state index in [4.69, 9.17) is 4.42 Å². The summed E-state index contributed by atoms with van der Waals surface area (Å²) < 4.78 is 6.31. The molecular weight excluding hydrogens is 306 g/mol. The Bertz CT molecular complexity index is 436. The van der Waals surface area contributed by atoms with E-state index in [1.165, 1.54) is 0 Å². The Kier molecular flexibility index (Phi) is 6.11. The topological polar surface area (TPSA) is 33.5 Å². The van der Waals surface area contributed by atoms with Gasteiger partial charge in [0.1, 0.15) is 11.5 Å². The second kappa shape index (κ2) is 7.13. The highest BCUT2D eigenvalue weighted by atomic mass is 79.9. The Morgan fingerprint density at radius 3 is 2.16 bits per heavy atom. The van der Waals surface area contributed by atoms with Gasteiger partial charge < -0.3 is 9.32 Å². The van der Waals surface area contributed by atoms with Crippen molar-refractivity contribution in [2.75, 3.05) is 13.1 Å². The van der Waals surface area contributed by atoms with Crippen molar-refractivity contribution in [1.29, 1.82) is 0 Å². The maximum atomic E-state index is 12.6. The lowest BCUT2D eigenvalue weighted by atomic mass is 10.0. The summed E-state index contributed by atoms with van der Waals surface area (Å²) in [5, 5.41) is 0. The van der Waals surface area contributed by atoms with Crippen molar-refractivity contribution < 1.29 is 9.21 Å². The average molecular weight is 330 g/mol. The Hall–Kier alpha value is -0.770. The molecule has 0 atom stereocenters. The molecule has 4 heteroatoms. The molecule has 3 nitrogen and oxygen atoms in total. The molecule has 1 aromatic rings. The van der Waals surface area contributed by atoms with E-state index < -0.39 is 0 Å². The maximum Gasteiger partial charge on any atom is 0.258 e. The summed E-state index contributed by atoms with van der Waals surface area (Å²) in [7, 11) is 0. The second-order valence-corrected chi connectivity index (χ2v) is 5.72. The highest BCUT2D eigenvalue weighted by molar-refractivity contribution is 9.10. The zero-order chi connectivity index (χ0) is 14.6. The first kappa shape index (κ1) is 16.3.